The monoisotopic (exact) mass is 413 g/mol. The highest BCUT2D eigenvalue weighted by atomic mass is 32.2. The van der Waals surface area contributed by atoms with E-state index in [1.165, 1.54) is 17.1 Å². The van der Waals surface area contributed by atoms with Crippen molar-refractivity contribution in [2.75, 3.05) is 39.6 Å². The summed E-state index contributed by atoms with van der Waals surface area (Å²) in [6, 6.07) is 2.95. The van der Waals surface area contributed by atoms with Gasteiger partial charge in [0.2, 0.25) is 10.0 Å². The maximum absolute atomic E-state index is 12.9. The van der Waals surface area contributed by atoms with Gasteiger partial charge in [-0.05, 0) is 24.3 Å². The summed E-state index contributed by atoms with van der Waals surface area (Å²) in [5.41, 5.74) is 0.471. The third kappa shape index (κ3) is 4.76. The maximum atomic E-state index is 12.9. The average Bonchev–Trinajstić information content (AvgIpc) is 3.23. The standard InChI is InChI=1S/C16H23N5O6S/c1-3-25-14-8-16(28(22,23)18-9-12-10-24-5-6-27-12)15(26-4-2)7-13(14)21-11-17-19-20-21/h7-8,11-12,18H,3-6,9-10H2,1-2H3/t12-/m0/s1. The molecule has 0 spiro atoms. The van der Waals surface area contributed by atoms with Gasteiger partial charge in [-0.1, -0.05) is 0 Å². The average molecular weight is 413 g/mol. The smallest absolute Gasteiger partial charge is 0.244 e. The number of tetrazole rings is 1. The highest BCUT2D eigenvalue weighted by Crippen LogP contribution is 2.34. The van der Waals surface area contributed by atoms with Crippen molar-refractivity contribution in [3.8, 4) is 17.2 Å². The maximum Gasteiger partial charge on any atom is 0.244 e. The fraction of sp³-hybridized carbons (Fsp3) is 0.562. The van der Waals surface area contributed by atoms with Gasteiger partial charge in [-0.2, -0.15) is 4.68 Å². The van der Waals surface area contributed by atoms with Crippen LogP contribution in [0.1, 0.15) is 13.8 Å². The van der Waals surface area contributed by atoms with Crippen molar-refractivity contribution in [1.29, 1.82) is 0 Å². The number of nitrogens with one attached hydrogen (secondary N) is 1. The van der Waals surface area contributed by atoms with Crippen molar-refractivity contribution in [2.24, 2.45) is 0 Å². The minimum atomic E-state index is -3.89. The summed E-state index contributed by atoms with van der Waals surface area (Å²) in [6.07, 6.45) is 1.05. The molecule has 0 saturated carbocycles. The number of hydrogen-bond acceptors (Lipinski definition) is 9. The summed E-state index contributed by atoms with van der Waals surface area (Å²) >= 11 is 0. The van der Waals surface area contributed by atoms with Gasteiger partial charge in [0.05, 0.1) is 39.1 Å². The van der Waals surface area contributed by atoms with E-state index in [4.69, 9.17) is 18.9 Å². The van der Waals surface area contributed by atoms with Crippen LogP contribution in [-0.4, -0.2) is 74.3 Å². The Kier molecular flexibility index (Phi) is 6.78. The molecule has 1 saturated heterocycles. The summed E-state index contributed by atoms with van der Waals surface area (Å²) in [5.74, 6) is 0.487. The summed E-state index contributed by atoms with van der Waals surface area (Å²) in [4.78, 5) is -0.0358. The van der Waals surface area contributed by atoms with Crippen molar-refractivity contribution in [3.05, 3.63) is 18.5 Å². The normalized spacial score (nSPS) is 17.4. The van der Waals surface area contributed by atoms with Crippen molar-refractivity contribution < 1.29 is 27.4 Å². The molecular weight excluding hydrogens is 390 g/mol. The van der Waals surface area contributed by atoms with Gasteiger partial charge in [0.25, 0.3) is 0 Å². The second-order valence-electron chi connectivity index (χ2n) is 5.81. The minimum absolute atomic E-state index is 0.0358. The summed E-state index contributed by atoms with van der Waals surface area (Å²) in [6.45, 7) is 5.56. The molecule has 11 nitrogen and oxygen atoms in total. The van der Waals surface area contributed by atoms with Crippen molar-refractivity contribution in [2.45, 2.75) is 24.8 Å². The van der Waals surface area contributed by atoms with Gasteiger partial charge in [-0.15, -0.1) is 5.10 Å². The zero-order valence-electron chi connectivity index (χ0n) is 15.7. The molecule has 1 N–H and O–H groups in total. The Bertz CT molecular complexity index is 868. The number of sulfonamides is 1. The summed E-state index contributed by atoms with van der Waals surface area (Å²) in [5, 5.41) is 11.1. The molecule has 1 aromatic carbocycles. The minimum Gasteiger partial charge on any atom is -0.492 e. The fourth-order valence-electron chi connectivity index (χ4n) is 2.67. The SMILES string of the molecule is CCOc1cc(S(=O)(=O)NC[C@H]2COCCO2)c(OCC)cc1-n1cnnn1. The Morgan fingerprint density at radius 3 is 2.64 bits per heavy atom. The first-order chi connectivity index (χ1) is 13.5. The van der Waals surface area contributed by atoms with Crippen LogP contribution in [0.3, 0.4) is 0 Å². The lowest BCUT2D eigenvalue weighted by atomic mass is 10.2. The first-order valence-corrected chi connectivity index (χ1v) is 10.4. The van der Waals surface area contributed by atoms with E-state index in [-0.39, 0.29) is 29.9 Å². The lowest BCUT2D eigenvalue weighted by molar-refractivity contribution is -0.0846. The number of aromatic nitrogens is 4. The molecule has 0 amide bonds. The quantitative estimate of drug-likeness (QED) is 0.611. The van der Waals surface area contributed by atoms with Gasteiger partial charge in [0.15, 0.2) is 0 Å². The Hall–Kier alpha value is -2.28. The van der Waals surface area contributed by atoms with Gasteiger partial charge in [0, 0.05) is 18.7 Å². The molecule has 3 rings (SSSR count). The Morgan fingerprint density at radius 2 is 2.00 bits per heavy atom. The molecule has 1 aromatic heterocycles. The van der Waals surface area contributed by atoms with Crippen molar-refractivity contribution >= 4 is 10.0 Å². The second kappa shape index (κ2) is 9.28. The van der Waals surface area contributed by atoms with E-state index in [1.807, 2.05) is 0 Å². The highest BCUT2D eigenvalue weighted by Gasteiger charge is 2.26. The topological polar surface area (TPSA) is 127 Å². The second-order valence-corrected chi connectivity index (χ2v) is 7.54. The lowest BCUT2D eigenvalue weighted by Crippen LogP contribution is -2.39. The first kappa shape index (κ1) is 20.5. The van der Waals surface area contributed by atoms with Crippen LogP contribution in [0.5, 0.6) is 11.5 Å². The van der Waals surface area contributed by atoms with Gasteiger partial charge < -0.3 is 18.9 Å². The number of rotatable bonds is 9. The van der Waals surface area contributed by atoms with Crippen LogP contribution in [0.4, 0.5) is 0 Å². The van der Waals surface area contributed by atoms with E-state index in [1.54, 1.807) is 19.9 Å². The van der Waals surface area contributed by atoms with E-state index >= 15 is 0 Å². The molecule has 1 aliphatic heterocycles. The lowest BCUT2D eigenvalue weighted by Gasteiger charge is -2.23. The van der Waals surface area contributed by atoms with Gasteiger partial charge in [-0.25, -0.2) is 13.1 Å². The van der Waals surface area contributed by atoms with Gasteiger partial charge >= 0.3 is 0 Å². The molecule has 1 fully saturated rings. The Labute approximate surface area is 163 Å². The molecule has 28 heavy (non-hydrogen) atoms. The van der Waals surface area contributed by atoms with Gasteiger partial charge in [0.1, 0.15) is 28.4 Å². The van der Waals surface area contributed by atoms with Crippen molar-refractivity contribution in [3.63, 3.8) is 0 Å². The van der Waals surface area contributed by atoms with E-state index in [0.29, 0.717) is 37.9 Å². The molecule has 0 unspecified atom stereocenters. The molecule has 2 aromatic rings. The Morgan fingerprint density at radius 1 is 1.21 bits per heavy atom. The van der Waals surface area contributed by atoms with Crippen LogP contribution in [-0.2, 0) is 19.5 Å². The van der Waals surface area contributed by atoms with E-state index in [2.05, 4.69) is 20.2 Å². The third-order valence-electron chi connectivity index (χ3n) is 3.90. The van der Waals surface area contributed by atoms with Crippen LogP contribution in [0, 0.1) is 0 Å². The fourth-order valence-corrected chi connectivity index (χ4v) is 3.87. The zero-order chi connectivity index (χ0) is 20.0. The van der Waals surface area contributed by atoms with Crippen LogP contribution in [0.2, 0.25) is 0 Å². The van der Waals surface area contributed by atoms with E-state index in [9.17, 15) is 8.42 Å². The summed E-state index contributed by atoms with van der Waals surface area (Å²) in [7, 11) is -3.89. The van der Waals surface area contributed by atoms with Crippen LogP contribution in [0.15, 0.2) is 23.4 Å². The molecule has 0 bridgehead atoms. The predicted molar refractivity (Wildman–Crippen MR) is 97.2 cm³/mol. The molecular formula is C16H23N5O6S. The first-order valence-electron chi connectivity index (χ1n) is 8.91. The molecule has 12 heteroatoms. The zero-order valence-corrected chi connectivity index (χ0v) is 16.5. The number of hydrogen-bond donors (Lipinski definition) is 1. The Balaban J connectivity index is 1.94. The molecule has 1 atom stereocenters. The molecule has 0 aliphatic carbocycles. The number of ether oxygens (including phenoxy) is 4. The van der Waals surface area contributed by atoms with Crippen LogP contribution >= 0.6 is 0 Å². The third-order valence-corrected chi connectivity index (χ3v) is 5.34. The summed E-state index contributed by atoms with van der Waals surface area (Å²) < 4.78 is 51.8. The van der Waals surface area contributed by atoms with Crippen LogP contribution < -0.4 is 14.2 Å². The van der Waals surface area contributed by atoms with Crippen LogP contribution in [0.25, 0.3) is 5.69 Å². The van der Waals surface area contributed by atoms with E-state index in [0.717, 1.165) is 0 Å². The van der Waals surface area contributed by atoms with Crippen molar-refractivity contribution in [1.82, 2.24) is 24.9 Å². The molecule has 2 heterocycles. The van der Waals surface area contributed by atoms with Gasteiger partial charge in [-0.3, -0.25) is 0 Å². The number of nitrogens with zero attached hydrogens (tertiary/aromatic N) is 4. The highest BCUT2D eigenvalue weighted by molar-refractivity contribution is 7.89. The predicted octanol–water partition coefficient (Wildman–Crippen LogP) is 0.153. The molecule has 0 radical (unpaired) electrons. The molecule has 154 valence electrons. The number of benzene rings is 1. The molecule has 1 aliphatic rings. The van der Waals surface area contributed by atoms with E-state index < -0.39 is 10.0 Å². The largest absolute Gasteiger partial charge is 0.492 e.